The van der Waals surface area contributed by atoms with Crippen molar-refractivity contribution < 1.29 is 18.1 Å². The van der Waals surface area contributed by atoms with Gasteiger partial charge in [0.2, 0.25) is 0 Å². The standard InChI is InChI=1S/C12H8BrClO4P/c13-19(14,15-9-5-1-2-6-10(9)16-19)17-11-7-3-4-8-12(11)18-19/h1-8H/q-1. The van der Waals surface area contributed by atoms with E-state index in [1.165, 1.54) is 0 Å². The van der Waals surface area contributed by atoms with E-state index in [9.17, 15) is 0 Å². The molecule has 2 heterocycles. The number of hydrogen-bond acceptors (Lipinski definition) is 4. The fraction of sp³-hybridized carbons (Fsp3) is 0. The monoisotopic (exact) mass is 361 g/mol. The van der Waals surface area contributed by atoms with Gasteiger partial charge in [0.25, 0.3) is 0 Å². The van der Waals surface area contributed by atoms with E-state index in [0.29, 0.717) is 23.0 Å². The molecule has 7 heteroatoms. The van der Waals surface area contributed by atoms with Crippen molar-refractivity contribution in [3.8, 4) is 23.0 Å². The van der Waals surface area contributed by atoms with Gasteiger partial charge >= 0.3 is 121 Å². The summed E-state index contributed by atoms with van der Waals surface area (Å²) in [4.78, 5) is -4.97. The van der Waals surface area contributed by atoms with Crippen molar-refractivity contribution in [2.45, 2.75) is 0 Å². The van der Waals surface area contributed by atoms with Crippen LogP contribution in [-0.4, -0.2) is 0 Å². The first-order valence-electron chi connectivity index (χ1n) is 5.54. The molecular formula is C12H8BrClO4P-. The fourth-order valence-corrected chi connectivity index (χ4v) is 7.24. The van der Waals surface area contributed by atoms with Gasteiger partial charge in [-0.15, -0.1) is 0 Å². The van der Waals surface area contributed by atoms with Crippen LogP contribution in [0.3, 0.4) is 0 Å². The molecular weight excluding hydrogens is 354 g/mol. The third-order valence-corrected chi connectivity index (χ3v) is 7.61. The first kappa shape index (κ1) is 11.6. The molecule has 2 aliphatic rings. The predicted octanol–water partition coefficient (Wildman–Crippen LogP) is 5.14. The summed E-state index contributed by atoms with van der Waals surface area (Å²) >= 11 is 9.90. The summed E-state index contributed by atoms with van der Waals surface area (Å²) in [5.74, 6) is 1.88. The molecule has 2 aromatic carbocycles. The van der Waals surface area contributed by atoms with Crippen molar-refractivity contribution in [3.05, 3.63) is 48.5 Å². The van der Waals surface area contributed by atoms with Crippen molar-refractivity contribution >= 4 is 31.6 Å². The molecule has 0 saturated carbocycles. The molecule has 2 aromatic rings. The summed E-state index contributed by atoms with van der Waals surface area (Å²) in [6.07, 6.45) is 0. The fourth-order valence-electron chi connectivity index (χ4n) is 2.09. The van der Waals surface area contributed by atoms with Crippen molar-refractivity contribution in [1.29, 1.82) is 0 Å². The molecule has 0 saturated heterocycles. The Morgan fingerprint density at radius 3 is 1.21 bits per heavy atom. The van der Waals surface area contributed by atoms with E-state index in [1.807, 2.05) is 24.3 Å². The average molecular weight is 363 g/mol. The molecule has 100 valence electrons. The van der Waals surface area contributed by atoms with Crippen molar-refractivity contribution in [2.75, 3.05) is 0 Å². The topological polar surface area (TPSA) is 36.9 Å². The van der Waals surface area contributed by atoms with Crippen LogP contribution in [0.5, 0.6) is 23.0 Å². The molecule has 0 fully saturated rings. The van der Waals surface area contributed by atoms with Crippen LogP contribution in [0.1, 0.15) is 0 Å². The Labute approximate surface area is 121 Å². The van der Waals surface area contributed by atoms with Gasteiger partial charge < -0.3 is 0 Å². The van der Waals surface area contributed by atoms with Crippen LogP contribution >= 0.6 is 31.6 Å². The van der Waals surface area contributed by atoms with Gasteiger partial charge in [-0.1, -0.05) is 0 Å². The molecule has 0 N–H and O–H groups in total. The molecule has 0 unspecified atom stereocenters. The van der Waals surface area contributed by atoms with E-state index < -0.39 is 4.91 Å². The summed E-state index contributed by atoms with van der Waals surface area (Å²) in [6.45, 7) is 0. The second kappa shape index (κ2) is 2.95. The van der Waals surface area contributed by atoms with Crippen LogP contribution in [0.25, 0.3) is 0 Å². The summed E-state index contributed by atoms with van der Waals surface area (Å²) in [5.41, 5.74) is 0. The van der Waals surface area contributed by atoms with E-state index in [2.05, 4.69) is 15.5 Å². The van der Waals surface area contributed by atoms with Crippen LogP contribution < -0.4 is 18.1 Å². The van der Waals surface area contributed by atoms with Crippen LogP contribution in [-0.2, 0) is 0 Å². The van der Waals surface area contributed by atoms with Gasteiger partial charge in [0.1, 0.15) is 0 Å². The summed E-state index contributed by atoms with van der Waals surface area (Å²) in [5, 5.41) is 0. The SMILES string of the molecule is Cl[P-]12(Br)(Oc3ccccc3O1)Oc1ccccc1O2. The van der Waals surface area contributed by atoms with Gasteiger partial charge in [0, 0.05) is 0 Å². The Morgan fingerprint density at radius 2 is 0.947 bits per heavy atom. The third kappa shape index (κ3) is 1.55. The Hall–Kier alpha value is -1.16. The van der Waals surface area contributed by atoms with E-state index in [1.54, 1.807) is 24.3 Å². The molecule has 2 aliphatic heterocycles. The minimum absolute atomic E-state index is 0.470. The number of rotatable bonds is 0. The summed E-state index contributed by atoms with van der Waals surface area (Å²) in [7, 11) is 0. The summed E-state index contributed by atoms with van der Waals surface area (Å²) < 4.78 is 23.1. The number of benzene rings is 2. The zero-order valence-electron chi connectivity index (χ0n) is 9.45. The van der Waals surface area contributed by atoms with Crippen molar-refractivity contribution in [3.63, 3.8) is 0 Å². The minimum atomic E-state index is -4.97. The number of hydrogen-bond donors (Lipinski definition) is 0. The van der Waals surface area contributed by atoms with Gasteiger partial charge in [-0.3, -0.25) is 0 Å². The molecule has 0 aromatic heterocycles. The molecule has 0 atom stereocenters. The molecule has 0 radical (unpaired) electrons. The molecule has 1 spiro atoms. The van der Waals surface area contributed by atoms with Gasteiger partial charge in [0.15, 0.2) is 0 Å². The van der Waals surface area contributed by atoms with Crippen LogP contribution in [0.4, 0.5) is 0 Å². The zero-order chi connectivity index (χ0) is 13.2. The maximum atomic E-state index is 6.61. The van der Waals surface area contributed by atoms with Crippen molar-refractivity contribution in [2.24, 2.45) is 0 Å². The van der Waals surface area contributed by atoms with Crippen LogP contribution in [0, 0.1) is 0 Å². The predicted molar refractivity (Wildman–Crippen MR) is 77.1 cm³/mol. The van der Waals surface area contributed by atoms with E-state index in [0.717, 1.165) is 0 Å². The molecule has 0 amide bonds. The van der Waals surface area contributed by atoms with E-state index in [-0.39, 0.29) is 0 Å². The number of fused-ring (bicyclic) bond motifs is 2. The molecule has 19 heavy (non-hydrogen) atoms. The van der Waals surface area contributed by atoms with Crippen LogP contribution in [0.15, 0.2) is 48.5 Å². The average Bonchev–Trinajstić information content (AvgIpc) is 2.75. The second-order valence-electron chi connectivity index (χ2n) is 4.32. The van der Waals surface area contributed by atoms with Gasteiger partial charge in [-0.2, -0.15) is 0 Å². The Bertz CT molecular complexity index is 610. The molecule has 0 aliphatic carbocycles. The summed E-state index contributed by atoms with van der Waals surface area (Å²) in [6, 6.07) is 14.2. The zero-order valence-corrected chi connectivity index (χ0v) is 12.7. The Balaban J connectivity index is 1.89. The quantitative estimate of drug-likeness (QED) is 0.608. The Kier molecular flexibility index (Phi) is 1.81. The Morgan fingerprint density at radius 1 is 0.684 bits per heavy atom. The molecule has 0 bridgehead atoms. The number of halogens is 2. The first-order valence-corrected chi connectivity index (χ1v) is 10.8. The van der Waals surface area contributed by atoms with E-state index >= 15 is 0 Å². The normalized spacial score (nSPS) is 26.0. The van der Waals surface area contributed by atoms with Crippen molar-refractivity contribution in [1.82, 2.24) is 0 Å². The van der Waals surface area contributed by atoms with Crippen LogP contribution in [0.2, 0.25) is 0 Å². The van der Waals surface area contributed by atoms with Gasteiger partial charge in [0.05, 0.1) is 0 Å². The molecule has 4 nitrogen and oxygen atoms in total. The van der Waals surface area contributed by atoms with Gasteiger partial charge in [-0.05, 0) is 0 Å². The number of para-hydroxylation sites is 4. The molecule has 4 rings (SSSR count). The van der Waals surface area contributed by atoms with E-state index in [4.69, 9.17) is 29.3 Å². The first-order chi connectivity index (χ1) is 8.90. The van der Waals surface area contributed by atoms with Gasteiger partial charge in [-0.25, -0.2) is 0 Å². The third-order valence-electron chi connectivity index (χ3n) is 2.81. The maximum absolute atomic E-state index is 6.61. The second-order valence-corrected chi connectivity index (χ2v) is 15.1.